The van der Waals surface area contributed by atoms with Crippen molar-refractivity contribution >= 4 is 11.8 Å². The Morgan fingerprint density at radius 2 is 1.84 bits per heavy atom. The van der Waals surface area contributed by atoms with Gasteiger partial charge in [0.2, 0.25) is 5.43 Å². The maximum atomic E-state index is 14.2. The van der Waals surface area contributed by atoms with E-state index >= 15 is 0 Å². The highest BCUT2D eigenvalue weighted by molar-refractivity contribution is 5.99. The van der Waals surface area contributed by atoms with Crippen molar-refractivity contribution in [3.05, 3.63) is 124 Å². The van der Waals surface area contributed by atoms with Crippen LogP contribution < -0.4 is 26.2 Å². The smallest absolute Gasteiger partial charge is 0.274 e. The predicted octanol–water partition coefficient (Wildman–Crippen LogP) is 3.97. The molecule has 2 atom stereocenters. The highest BCUT2D eigenvalue weighted by atomic mass is 19.1. The molecule has 1 saturated heterocycles. The summed E-state index contributed by atoms with van der Waals surface area (Å²) in [4.78, 5) is 40.7. The van der Waals surface area contributed by atoms with Crippen molar-refractivity contribution in [2.24, 2.45) is 0 Å². The Bertz CT molecular complexity index is 1560. The molecule has 2 aromatic carbocycles. The first-order valence-electron chi connectivity index (χ1n) is 13.4. The first-order chi connectivity index (χ1) is 20.6. The van der Waals surface area contributed by atoms with Gasteiger partial charge in [-0.1, -0.05) is 42.5 Å². The van der Waals surface area contributed by atoms with E-state index in [4.69, 9.17) is 9.47 Å². The molecule has 2 amide bonds. The highest BCUT2D eigenvalue weighted by Crippen LogP contribution is 2.24. The van der Waals surface area contributed by atoms with Crippen molar-refractivity contribution in [2.75, 3.05) is 18.6 Å². The fourth-order valence-electron chi connectivity index (χ4n) is 4.37. The summed E-state index contributed by atoms with van der Waals surface area (Å²) in [5.74, 6) is -5.71. The molecule has 0 aliphatic carbocycles. The van der Waals surface area contributed by atoms with Gasteiger partial charge in [0.1, 0.15) is 29.6 Å². The molecule has 3 aromatic rings. The van der Waals surface area contributed by atoms with Gasteiger partial charge in [0.05, 0.1) is 12.1 Å². The monoisotopic (exact) mass is 596 g/mol. The van der Waals surface area contributed by atoms with Crippen molar-refractivity contribution < 1.29 is 32.2 Å². The summed E-state index contributed by atoms with van der Waals surface area (Å²) in [6.45, 7) is 8.96. The van der Waals surface area contributed by atoms with Crippen molar-refractivity contribution in [3.8, 4) is 5.75 Å². The summed E-state index contributed by atoms with van der Waals surface area (Å²) in [6, 6.07) is 9.30. The maximum absolute atomic E-state index is 14.2. The zero-order chi connectivity index (χ0) is 31.1. The van der Waals surface area contributed by atoms with Crippen LogP contribution in [-0.4, -0.2) is 41.3 Å². The van der Waals surface area contributed by atoms with E-state index in [1.165, 1.54) is 10.8 Å². The third-order valence-electron chi connectivity index (χ3n) is 6.88. The highest BCUT2D eigenvalue weighted by Gasteiger charge is 2.35. The second kappa shape index (κ2) is 13.4. The molecule has 1 aliphatic rings. The largest absolute Gasteiger partial charge is 0.482 e. The van der Waals surface area contributed by atoms with E-state index in [2.05, 4.69) is 29.2 Å². The molecule has 0 bridgehead atoms. The van der Waals surface area contributed by atoms with E-state index in [1.54, 1.807) is 43.3 Å². The van der Waals surface area contributed by atoms with Gasteiger partial charge in [-0.2, -0.15) is 0 Å². The third kappa shape index (κ3) is 7.15. The number of nitrogens with zero attached hydrogens (tertiary/aromatic N) is 1. The van der Waals surface area contributed by atoms with Crippen LogP contribution in [-0.2, 0) is 17.9 Å². The number of rotatable bonds is 12. The minimum absolute atomic E-state index is 0.125. The Labute approximate surface area is 246 Å². The summed E-state index contributed by atoms with van der Waals surface area (Å²) in [5.41, 5.74) is 0.649. The van der Waals surface area contributed by atoms with E-state index in [9.17, 15) is 27.6 Å². The zero-order valence-electron chi connectivity index (χ0n) is 23.4. The number of carbonyl (C=O) groups excluding carboxylic acids is 2. The number of pyridine rings is 1. The van der Waals surface area contributed by atoms with Gasteiger partial charge in [-0.3, -0.25) is 19.1 Å². The van der Waals surface area contributed by atoms with Crippen LogP contribution >= 0.6 is 0 Å². The van der Waals surface area contributed by atoms with Crippen molar-refractivity contribution in [1.29, 1.82) is 0 Å². The molecule has 0 spiro atoms. The molecule has 0 saturated carbocycles. The van der Waals surface area contributed by atoms with Crippen LogP contribution in [0.2, 0.25) is 0 Å². The summed E-state index contributed by atoms with van der Waals surface area (Å²) in [5, 5.41) is 5.01. The molecule has 1 aromatic heterocycles. The molecule has 4 rings (SSSR count). The summed E-state index contributed by atoms with van der Waals surface area (Å²) in [6.07, 6.45) is 4.64. The molecule has 3 N–H and O–H groups in total. The molecule has 0 radical (unpaired) electrons. The van der Waals surface area contributed by atoms with Gasteiger partial charge in [-0.25, -0.2) is 13.2 Å². The lowest BCUT2D eigenvalue weighted by Gasteiger charge is -2.30. The number of halogens is 3. The van der Waals surface area contributed by atoms with Crippen LogP contribution in [0.3, 0.4) is 0 Å². The number of nitrogens with one attached hydrogen (secondary N) is 3. The normalized spacial score (nSPS) is 16.7. The van der Waals surface area contributed by atoms with E-state index in [0.29, 0.717) is 30.7 Å². The molecule has 1 fully saturated rings. The molecule has 1 unspecified atom stereocenters. The number of carbonyl (C=O) groups is 2. The lowest BCUT2D eigenvalue weighted by molar-refractivity contribution is 0.0920. The van der Waals surface area contributed by atoms with E-state index in [0.717, 1.165) is 6.20 Å². The first kappa shape index (κ1) is 31.1. The third-order valence-corrected chi connectivity index (χ3v) is 6.88. The molecule has 2 heterocycles. The number of ether oxygens (including phenoxy) is 2. The van der Waals surface area contributed by atoms with Gasteiger partial charge in [0.25, 0.3) is 11.8 Å². The minimum atomic E-state index is -1.21. The minimum Gasteiger partial charge on any atom is -0.482 e. The van der Waals surface area contributed by atoms with Crippen molar-refractivity contribution in [3.63, 3.8) is 0 Å². The summed E-state index contributed by atoms with van der Waals surface area (Å²) < 4.78 is 54.4. The molecular formula is C31H31F3N4O5. The fourth-order valence-corrected chi connectivity index (χ4v) is 4.37. The summed E-state index contributed by atoms with van der Waals surface area (Å²) >= 11 is 0. The Morgan fingerprint density at radius 3 is 2.44 bits per heavy atom. The van der Waals surface area contributed by atoms with Gasteiger partial charge < -0.3 is 25.5 Å². The molecule has 12 heteroatoms. The molecule has 226 valence electrons. The van der Waals surface area contributed by atoms with E-state index in [1.807, 2.05) is 0 Å². The van der Waals surface area contributed by atoms with Gasteiger partial charge in [-0.05, 0) is 12.5 Å². The van der Waals surface area contributed by atoms with Crippen LogP contribution in [0, 0.1) is 17.5 Å². The standard InChI is InChI=1S/C31H31F3N4O5/c1-4-19(3)36-30(41)26-28(43-17-20-9-7-6-8-10-20)27(39)23(16-38(26)37-31(5-2)11-12-42-18-31)29(40)35-15-22-24(33)13-21(32)14-25(22)34/h4-10,13-14,16,19,37H,1-2,11-12,15,17-18H2,3H3,(H,35,40)(H,36,41)/t19-,31?/m0/s1. The maximum Gasteiger partial charge on any atom is 0.274 e. The topological polar surface area (TPSA) is 111 Å². The Morgan fingerprint density at radius 1 is 1.14 bits per heavy atom. The molecule has 1 aliphatic heterocycles. The van der Waals surface area contributed by atoms with E-state index in [-0.39, 0.29) is 18.9 Å². The van der Waals surface area contributed by atoms with Gasteiger partial charge in [-0.15, -0.1) is 13.2 Å². The van der Waals surface area contributed by atoms with Gasteiger partial charge >= 0.3 is 0 Å². The predicted molar refractivity (Wildman–Crippen MR) is 154 cm³/mol. The number of amides is 2. The number of benzene rings is 2. The second-order valence-electron chi connectivity index (χ2n) is 10.00. The quantitative estimate of drug-likeness (QED) is 0.273. The number of aromatic nitrogens is 1. The second-order valence-corrected chi connectivity index (χ2v) is 10.00. The van der Waals surface area contributed by atoms with Crippen molar-refractivity contribution in [1.82, 2.24) is 15.3 Å². The fraction of sp³-hybridized carbons (Fsp3) is 0.258. The van der Waals surface area contributed by atoms with Crippen LogP contribution in [0.25, 0.3) is 0 Å². The van der Waals surface area contributed by atoms with Gasteiger partial charge in [0, 0.05) is 49.5 Å². The SMILES string of the molecule is C=C[C@H](C)NC(=O)c1c(OCc2ccccc2)c(=O)c(C(=O)NCc2c(F)cc(F)cc2F)cn1NC1(C=C)CCOC1. The number of hydrogen-bond acceptors (Lipinski definition) is 6. The average Bonchev–Trinajstić information content (AvgIpc) is 3.45. The van der Waals surface area contributed by atoms with Crippen LogP contribution in [0.4, 0.5) is 13.2 Å². The first-order valence-corrected chi connectivity index (χ1v) is 13.4. The van der Waals surface area contributed by atoms with Crippen LogP contribution in [0.15, 0.2) is 78.8 Å². The zero-order valence-corrected chi connectivity index (χ0v) is 23.4. The lowest BCUT2D eigenvalue weighted by atomic mass is 10.0. The average molecular weight is 597 g/mol. The van der Waals surface area contributed by atoms with Gasteiger partial charge in [0.15, 0.2) is 11.4 Å². The molecular weight excluding hydrogens is 565 g/mol. The van der Waals surface area contributed by atoms with Crippen LogP contribution in [0.5, 0.6) is 5.75 Å². The Kier molecular flexibility index (Phi) is 9.71. The van der Waals surface area contributed by atoms with Crippen molar-refractivity contribution in [2.45, 2.75) is 38.1 Å². The molecule has 9 nitrogen and oxygen atoms in total. The number of hydrogen-bond donors (Lipinski definition) is 3. The van der Waals surface area contributed by atoms with Crippen LogP contribution in [0.1, 0.15) is 45.3 Å². The Balaban J connectivity index is 1.81. The summed E-state index contributed by atoms with van der Waals surface area (Å²) in [7, 11) is 0. The molecule has 43 heavy (non-hydrogen) atoms. The lowest BCUT2D eigenvalue weighted by Crippen LogP contribution is -2.46. The Hall–Kier alpha value is -4.84. The van der Waals surface area contributed by atoms with E-state index < -0.39 is 69.7 Å².